The Balaban J connectivity index is 2.94. The van der Waals surface area contributed by atoms with Crippen LogP contribution in [0.3, 0.4) is 0 Å². The smallest absolute Gasteiger partial charge is 0.200 e. The van der Waals surface area contributed by atoms with Crippen molar-refractivity contribution in [2.24, 2.45) is 0 Å². The lowest BCUT2D eigenvalue weighted by Crippen LogP contribution is -2.47. The van der Waals surface area contributed by atoms with Crippen LogP contribution in [0.1, 0.15) is 47.1 Å². The van der Waals surface area contributed by atoms with Crippen molar-refractivity contribution in [2.45, 2.75) is 64.8 Å². The fraction of sp³-hybridized carbons (Fsp3) is 0.625. The molecule has 0 saturated carbocycles. The van der Waals surface area contributed by atoms with Gasteiger partial charge >= 0.3 is 0 Å². The number of benzene rings is 1. The highest BCUT2D eigenvalue weighted by atomic mass is 79.9. The van der Waals surface area contributed by atoms with E-state index in [-0.39, 0.29) is 5.82 Å². The van der Waals surface area contributed by atoms with Gasteiger partial charge in [0.15, 0.2) is 0 Å². The minimum atomic E-state index is -1.88. The van der Waals surface area contributed by atoms with Gasteiger partial charge in [0.2, 0.25) is 8.32 Å². The summed E-state index contributed by atoms with van der Waals surface area (Å²) in [6, 6.07) is 5.23. The maximum atomic E-state index is 13.6. The number of rotatable bonds is 6. The first kappa shape index (κ1) is 17.9. The number of hydrogen-bond donors (Lipinski definition) is 0. The van der Waals surface area contributed by atoms with Crippen LogP contribution in [0.15, 0.2) is 22.7 Å². The second-order valence-electron chi connectivity index (χ2n) is 6.35. The molecule has 1 aromatic rings. The number of halogens is 2. The standard InChI is InChI=1S/C16H26BrFOSi/c1-11(2)20(12(3)4,13(5)6)19-10-14-7-8-15(17)16(18)9-14/h7-9,11-13H,10H2,1-6H3. The summed E-state index contributed by atoms with van der Waals surface area (Å²) in [5, 5.41) is 0. The molecule has 0 aliphatic carbocycles. The largest absolute Gasteiger partial charge is 0.412 e. The SMILES string of the molecule is CC(C)[Si](OCc1ccc(Br)c(F)c1)(C(C)C)C(C)C. The Morgan fingerprint density at radius 2 is 1.55 bits per heavy atom. The topological polar surface area (TPSA) is 9.23 Å². The van der Waals surface area contributed by atoms with E-state index in [1.807, 2.05) is 6.07 Å². The molecule has 0 heterocycles. The van der Waals surface area contributed by atoms with Gasteiger partial charge in [-0.1, -0.05) is 47.6 Å². The predicted molar refractivity (Wildman–Crippen MR) is 89.9 cm³/mol. The molecule has 0 bridgehead atoms. The minimum absolute atomic E-state index is 0.225. The normalized spacial score (nSPS) is 12.8. The second kappa shape index (κ2) is 7.19. The van der Waals surface area contributed by atoms with E-state index in [2.05, 4.69) is 57.5 Å². The Hall–Kier alpha value is -0.193. The Bertz CT molecular complexity index is 424. The summed E-state index contributed by atoms with van der Waals surface area (Å²) in [4.78, 5) is 0. The molecule has 0 saturated heterocycles. The molecule has 1 rings (SSSR count). The molecule has 0 radical (unpaired) electrons. The van der Waals surface area contributed by atoms with Crippen LogP contribution in [-0.4, -0.2) is 8.32 Å². The maximum absolute atomic E-state index is 13.6. The van der Waals surface area contributed by atoms with Gasteiger partial charge in [-0.05, 0) is 50.2 Å². The molecule has 0 aromatic heterocycles. The first-order chi connectivity index (χ1) is 9.21. The third-order valence-electron chi connectivity index (χ3n) is 4.18. The lowest BCUT2D eigenvalue weighted by Gasteiger charge is -2.42. The van der Waals surface area contributed by atoms with Crippen molar-refractivity contribution in [3.63, 3.8) is 0 Å². The Kier molecular flexibility index (Phi) is 6.42. The van der Waals surface area contributed by atoms with E-state index >= 15 is 0 Å². The van der Waals surface area contributed by atoms with Gasteiger partial charge in [0.05, 0.1) is 11.1 Å². The predicted octanol–water partition coefficient (Wildman–Crippen LogP) is 6.28. The van der Waals surface area contributed by atoms with Crippen LogP contribution in [-0.2, 0) is 11.0 Å². The van der Waals surface area contributed by atoms with Gasteiger partial charge < -0.3 is 4.43 Å². The summed E-state index contributed by atoms with van der Waals surface area (Å²) < 4.78 is 20.5. The molecule has 0 aliphatic heterocycles. The average molecular weight is 361 g/mol. The van der Waals surface area contributed by atoms with Crippen molar-refractivity contribution in [1.29, 1.82) is 0 Å². The molecule has 0 amide bonds. The summed E-state index contributed by atoms with van der Waals surface area (Å²) in [7, 11) is -1.88. The van der Waals surface area contributed by atoms with Gasteiger partial charge in [-0.2, -0.15) is 0 Å². The molecule has 0 spiro atoms. The first-order valence-electron chi connectivity index (χ1n) is 7.29. The van der Waals surface area contributed by atoms with E-state index in [0.29, 0.717) is 27.7 Å². The molecule has 0 aliphatic rings. The third kappa shape index (κ3) is 3.71. The summed E-state index contributed by atoms with van der Waals surface area (Å²) in [6.45, 7) is 14.1. The van der Waals surface area contributed by atoms with Crippen molar-refractivity contribution in [2.75, 3.05) is 0 Å². The molecule has 4 heteroatoms. The van der Waals surface area contributed by atoms with Gasteiger partial charge in [-0.3, -0.25) is 0 Å². The van der Waals surface area contributed by atoms with E-state index in [4.69, 9.17) is 4.43 Å². The third-order valence-corrected chi connectivity index (χ3v) is 10.9. The molecule has 0 fully saturated rings. The maximum Gasteiger partial charge on any atom is 0.200 e. The van der Waals surface area contributed by atoms with E-state index in [1.54, 1.807) is 12.1 Å². The van der Waals surface area contributed by atoms with Crippen molar-refractivity contribution in [1.82, 2.24) is 0 Å². The van der Waals surface area contributed by atoms with E-state index in [9.17, 15) is 4.39 Å². The highest BCUT2D eigenvalue weighted by Crippen LogP contribution is 2.42. The van der Waals surface area contributed by atoms with Crippen molar-refractivity contribution in [3.8, 4) is 0 Å². The van der Waals surface area contributed by atoms with Crippen molar-refractivity contribution in [3.05, 3.63) is 34.1 Å². The van der Waals surface area contributed by atoms with Crippen molar-refractivity contribution < 1.29 is 8.82 Å². The second-order valence-corrected chi connectivity index (χ2v) is 12.7. The fourth-order valence-corrected chi connectivity index (χ4v) is 9.00. The van der Waals surface area contributed by atoms with E-state index < -0.39 is 8.32 Å². The molecule has 0 N–H and O–H groups in total. The van der Waals surface area contributed by atoms with Gasteiger partial charge in [0, 0.05) is 0 Å². The van der Waals surface area contributed by atoms with E-state index in [0.717, 1.165) is 5.56 Å². The lowest BCUT2D eigenvalue weighted by atomic mass is 10.2. The Labute approximate surface area is 132 Å². The van der Waals surface area contributed by atoms with Gasteiger partial charge in [-0.25, -0.2) is 4.39 Å². The average Bonchev–Trinajstić information content (AvgIpc) is 2.33. The van der Waals surface area contributed by atoms with Gasteiger partial charge in [-0.15, -0.1) is 0 Å². The molecule has 114 valence electrons. The van der Waals surface area contributed by atoms with Crippen LogP contribution < -0.4 is 0 Å². The van der Waals surface area contributed by atoms with Gasteiger partial charge in [0.25, 0.3) is 0 Å². The molecular formula is C16H26BrFOSi. The zero-order valence-electron chi connectivity index (χ0n) is 13.3. The Morgan fingerprint density at radius 1 is 1.05 bits per heavy atom. The Morgan fingerprint density at radius 3 is 1.95 bits per heavy atom. The summed E-state index contributed by atoms with van der Waals surface area (Å²) >= 11 is 3.18. The monoisotopic (exact) mass is 360 g/mol. The molecular weight excluding hydrogens is 335 g/mol. The van der Waals surface area contributed by atoms with Crippen LogP contribution >= 0.6 is 15.9 Å². The van der Waals surface area contributed by atoms with Crippen LogP contribution in [0.5, 0.6) is 0 Å². The van der Waals surface area contributed by atoms with Crippen LogP contribution in [0, 0.1) is 5.82 Å². The van der Waals surface area contributed by atoms with Crippen molar-refractivity contribution >= 4 is 24.2 Å². The van der Waals surface area contributed by atoms with E-state index in [1.165, 1.54) is 0 Å². The summed E-state index contributed by atoms with van der Waals surface area (Å²) in [5.74, 6) is -0.225. The molecule has 1 aromatic carbocycles. The van der Waals surface area contributed by atoms with Crippen LogP contribution in [0.2, 0.25) is 16.6 Å². The number of hydrogen-bond acceptors (Lipinski definition) is 1. The molecule has 0 atom stereocenters. The zero-order valence-corrected chi connectivity index (χ0v) is 15.9. The lowest BCUT2D eigenvalue weighted by molar-refractivity contribution is 0.265. The first-order valence-corrected chi connectivity index (χ1v) is 10.2. The van der Waals surface area contributed by atoms with Gasteiger partial charge in [0.1, 0.15) is 5.82 Å². The highest BCUT2D eigenvalue weighted by molar-refractivity contribution is 9.10. The molecule has 20 heavy (non-hydrogen) atoms. The minimum Gasteiger partial charge on any atom is -0.412 e. The molecule has 1 nitrogen and oxygen atoms in total. The van der Waals surface area contributed by atoms with Crippen LogP contribution in [0.25, 0.3) is 0 Å². The summed E-state index contributed by atoms with van der Waals surface area (Å²) in [6.07, 6.45) is 0. The summed E-state index contributed by atoms with van der Waals surface area (Å²) in [5.41, 5.74) is 2.54. The fourth-order valence-electron chi connectivity index (χ4n) is 3.34. The highest BCUT2D eigenvalue weighted by Gasteiger charge is 2.44. The molecule has 0 unspecified atom stereocenters. The quantitative estimate of drug-likeness (QED) is 0.542. The zero-order chi connectivity index (χ0) is 15.5. The van der Waals surface area contributed by atoms with Crippen LogP contribution in [0.4, 0.5) is 4.39 Å².